The van der Waals surface area contributed by atoms with Gasteiger partial charge in [-0.15, -0.1) is 0 Å². The molecule has 2 nitrogen and oxygen atoms in total. The Bertz CT molecular complexity index is 490. The second-order valence-electron chi connectivity index (χ2n) is 4.67. The van der Waals surface area contributed by atoms with Crippen LogP contribution in [-0.4, -0.2) is 14.9 Å². The van der Waals surface area contributed by atoms with Gasteiger partial charge in [-0.1, -0.05) is 35.0 Å². The summed E-state index contributed by atoms with van der Waals surface area (Å²) in [6.07, 6.45) is 2.46. The third kappa shape index (κ3) is 2.89. The van der Waals surface area contributed by atoms with Gasteiger partial charge >= 0.3 is 0 Å². The average molecular weight is 295 g/mol. The average Bonchev–Trinajstić information content (AvgIpc) is 2.62. The fourth-order valence-electron chi connectivity index (χ4n) is 2.16. The summed E-state index contributed by atoms with van der Waals surface area (Å²) in [5, 5.41) is 1.10. The standard InChI is InChI=1S/C14H19BrN2/c1-11(7-9-15)8-10-17-12(2)16-13-5-3-4-6-14(13)17/h3-6,11H,7-10H2,1-2H3. The van der Waals surface area contributed by atoms with Gasteiger partial charge in [0.1, 0.15) is 5.82 Å². The van der Waals surface area contributed by atoms with E-state index in [2.05, 4.69) is 57.5 Å². The smallest absolute Gasteiger partial charge is 0.106 e. The number of aryl methyl sites for hydroxylation is 2. The van der Waals surface area contributed by atoms with Crippen molar-refractivity contribution in [2.24, 2.45) is 5.92 Å². The molecule has 92 valence electrons. The van der Waals surface area contributed by atoms with Gasteiger partial charge in [0.05, 0.1) is 11.0 Å². The molecule has 17 heavy (non-hydrogen) atoms. The maximum atomic E-state index is 4.59. The van der Waals surface area contributed by atoms with E-state index in [1.807, 2.05) is 6.07 Å². The third-order valence-electron chi connectivity index (χ3n) is 3.29. The molecule has 0 saturated heterocycles. The minimum Gasteiger partial charge on any atom is -0.328 e. The lowest BCUT2D eigenvalue weighted by molar-refractivity contribution is 0.473. The molecule has 2 aromatic rings. The normalized spacial score (nSPS) is 13.1. The number of fused-ring (bicyclic) bond motifs is 1. The van der Waals surface area contributed by atoms with E-state index in [1.165, 1.54) is 18.4 Å². The highest BCUT2D eigenvalue weighted by Crippen LogP contribution is 2.18. The topological polar surface area (TPSA) is 17.8 Å². The molecule has 0 aliphatic carbocycles. The van der Waals surface area contributed by atoms with Crippen molar-refractivity contribution in [2.75, 3.05) is 5.33 Å². The number of hydrogen-bond donors (Lipinski definition) is 0. The number of rotatable bonds is 5. The molecule has 1 aromatic heterocycles. The lowest BCUT2D eigenvalue weighted by atomic mass is 10.1. The van der Waals surface area contributed by atoms with E-state index >= 15 is 0 Å². The van der Waals surface area contributed by atoms with Crippen LogP contribution in [0.2, 0.25) is 0 Å². The molecular weight excluding hydrogens is 276 g/mol. The highest BCUT2D eigenvalue weighted by Gasteiger charge is 2.08. The van der Waals surface area contributed by atoms with Crippen LogP contribution in [0.1, 0.15) is 25.6 Å². The van der Waals surface area contributed by atoms with Gasteiger partial charge in [-0.3, -0.25) is 0 Å². The van der Waals surface area contributed by atoms with E-state index in [-0.39, 0.29) is 0 Å². The summed E-state index contributed by atoms with van der Waals surface area (Å²) in [5.41, 5.74) is 2.37. The van der Waals surface area contributed by atoms with Gasteiger partial charge in [-0.05, 0) is 37.8 Å². The SMILES string of the molecule is Cc1nc2ccccc2n1CCC(C)CCBr. The lowest BCUT2D eigenvalue weighted by Gasteiger charge is -2.11. The number of benzene rings is 1. The highest BCUT2D eigenvalue weighted by atomic mass is 79.9. The Kier molecular flexibility index (Phi) is 4.21. The first-order valence-electron chi connectivity index (χ1n) is 6.20. The Labute approximate surface area is 111 Å². The van der Waals surface area contributed by atoms with Crippen molar-refractivity contribution in [2.45, 2.75) is 33.2 Å². The molecule has 0 aliphatic rings. The zero-order valence-corrected chi connectivity index (χ0v) is 12.1. The molecule has 1 unspecified atom stereocenters. The van der Waals surface area contributed by atoms with Crippen LogP contribution in [0.4, 0.5) is 0 Å². The zero-order chi connectivity index (χ0) is 12.3. The van der Waals surface area contributed by atoms with Crippen LogP contribution >= 0.6 is 15.9 Å². The van der Waals surface area contributed by atoms with Gasteiger partial charge < -0.3 is 4.57 Å². The Hall–Kier alpha value is -0.830. The fourth-order valence-corrected chi connectivity index (χ4v) is 2.94. The van der Waals surface area contributed by atoms with Crippen molar-refractivity contribution in [3.05, 3.63) is 30.1 Å². The van der Waals surface area contributed by atoms with E-state index in [0.29, 0.717) is 0 Å². The van der Waals surface area contributed by atoms with Gasteiger partial charge in [0.25, 0.3) is 0 Å². The number of para-hydroxylation sites is 2. The van der Waals surface area contributed by atoms with Gasteiger partial charge in [0, 0.05) is 11.9 Å². The molecule has 0 N–H and O–H groups in total. The van der Waals surface area contributed by atoms with Crippen LogP contribution in [0.15, 0.2) is 24.3 Å². The predicted molar refractivity (Wildman–Crippen MR) is 76.7 cm³/mol. The number of halogens is 1. The van der Waals surface area contributed by atoms with Crippen molar-refractivity contribution >= 4 is 27.0 Å². The third-order valence-corrected chi connectivity index (χ3v) is 3.75. The van der Waals surface area contributed by atoms with Gasteiger partial charge in [0.2, 0.25) is 0 Å². The number of imidazole rings is 1. The summed E-state index contributed by atoms with van der Waals surface area (Å²) in [5.74, 6) is 1.88. The van der Waals surface area contributed by atoms with E-state index < -0.39 is 0 Å². The van der Waals surface area contributed by atoms with Crippen molar-refractivity contribution in [1.29, 1.82) is 0 Å². The molecule has 0 fully saturated rings. The van der Waals surface area contributed by atoms with Crippen LogP contribution in [-0.2, 0) is 6.54 Å². The van der Waals surface area contributed by atoms with Crippen LogP contribution < -0.4 is 0 Å². The minimum atomic E-state index is 0.759. The molecule has 0 amide bonds. The number of aromatic nitrogens is 2. The number of hydrogen-bond acceptors (Lipinski definition) is 1. The maximum absolute atomic E-state index is 4.59. The second-order valence-corrected chi connectivity index (χ2v) is 5.46. The molecule has 1 aromatic carbocycles. The molecule has 1 heterocycles. The van der Waals surface area contributed by atoms with Crippen LogP contribution in [0.3, 0.4) is 0 Å². The quantitative estimate of drug-likeness (QED) is 0.757. The van der Waals surface area contributed by atoms with E-state index in [0.717, 1.165) is 29.1 Å². The molecule has 3 heteroatoms. The summed E-state index contributed by atoms with van der Waals surface area (Å²) < 4.78 is 2.33. The first-order valence-corrected chi connectivity index (χ1v) is 7.32. The maximum Gasteiger partial charge on any atom is 0.106 e. The van der Waals surface area contributed by atoms with Gasteiger partial charge in [-0.25, -0.2) is 4.98 Å². The van der Waals surface area contributed by atoms with Crippen molar-refractivity contribution < 1.29 is 0 Å². The largest absolute Gasteiger partial charge is 0.328 e. The summed E-state index contributed by atoms with van der Waals surface area (Å²) in [4.78, 5) is 4.59. The predicted octanol–water partition coefficient (Wildman–Crippen LogP) is 4.16. The highest BCUT2D eigenvalue weighted by molar-refractivity contribution is 9.09. The van der Waals surface area contributed by atoms with E-state index in [9.17, 15) is 0 Å². The minimum absolute atomic E-state index is 0.759. The van der Waals surface area contributed by atoms with Crippen LogP contribution in [0, 0.1) is 12.8 Å². The van der Waals surface area contributed by atoms with Crippen LogP contribution in [0.25, 0.3) is 11.0 Å². The molecular formula is C14H19BrN2. The molecule has 0 radical (unpaired) electrons. The summed E-state index contributed by atoms with van der Waals surface area (Å²) in [6.45, 7) is 5.48. The van der Waals surface area contributed by atoms with E-state index in [1.54, 1.807) is 0 Å². The first-order chi connectivity index (χ1) is 8.22. The number of nitrogens with zero attached hydrogens (tertiary/aromatic N) is 2. The zero-order valence-electron chi connectivity index (χ0n) is 10.5. The van der Waals surface area contributed by atoms with Crippen molar-refractivity contribution in [3.8, 4) is 0 Å². The molecule has 2 rings (SSSR count). The lowest BCUT2D eigenvalue weighted by Crippen LogP contribution is -2.05. The second kappa shape index (κ2) is 5.67. The monoisotopic (exact) mass is 294 g/mol. The van der Waals surface area contributed by atoms with Gasteiger partial charge in [-0.2, -0.15) is 0 Å². The Morgan fingerprint density at radius 1 is 1.29 bits per heavy atom. The molecule has 0 aliphatic heterocycles. The van der Waals surface area contributed by atoms with Crippen molar-refractivity contribution in [3.63, 3.8) is 0 Å². The Balaban J connectivity index is 2.15. The summed E-state index contributed by atoms with van der Waals surface area (Å²) in [6, 6.07) is 8.37. The van der Waals surface area contributed by atoms with Crippen LogP contribution in [0.5, 0.6) is 0 Å². The summed E-state index contributed by atoms with van der Waals surface area (Å²) >= 11 is 3.50. The fraction of sp³-hybridized carbons (Fsp3) is 0.500. The Morgan fingerprint density at radius 3 is 2.82 bits per heavy atom. The number of alkyl halides is 1. The summed E-state index contributed by atoms with van der Waals surface area (Å²) in [7, 11) is 0. The van der Waals surface area contributed by atoms with Gasteiger partial charge in [0.15, 0.2) is 0 Å². The molecule has 1 atom stereocenters. The molecule has 0 spiro atoms. The molecule has 0 saturated carbocycles. The Morgan fingerprint density at radius 2 is 2.06 bits per heavy atom. The first kappa shape index (κ1) is 12.6. The van der Waals surface area contributed by atoms with E-state index in [4.69, 9.17) is 0 Å². The van der Waals surface area contributed by atoms with Crippen molar-refractivity contribution in [1.82, 2.24) is 9.55 Å². The molecule has 0 bridgehead atoms.